The van der Waals surface area contributed by atoms with Gasteiger partial charge in [-0.2, -0.15) is 0 Å². The summed E-state index contributed by atoms with van der Waals surface area (Å²) < 4.78 is 12.0. The van der Waals surface area contributed by atoms with Crippen LogP contribution in [0.2, 0.25) is 0 Å². The second-order valence-corrected chi connectivity index (χ2v) is 1.96. The molecule has 0 amide bonds. The molecule has 0 aliphatic rings. The Kier molecular flexibility index (Phi) is 6.71. The van der Waals surface area contributed by atoms with Crippen molar-refractivity contribution in [3.63, 3.8) is 0 Å². The Hall–Kier alpha value is -0.350. The Labute approximate surface area is 64.8 Å². The molecule has 5 heteroatoms. The number of nitrogens with two attached hydrogens (primary N) is 1. The Balaban J connectivity index is 0. The molecule has 0 fully saturated rings. The second-order valence-electron chi connectivity index (χ2n) is 1.96. The summed E-state index contributed by atoms with van der Waals surface area (Å²) in [5, 5.41) is 8.14. The molecule has 0 saturated heterocycles. The van der Waals surface area contributed by atoms with Crippen molar-refractivity contribution in [2.75, 3.05) is 0 Å². The van der Waals surface area contributed by atoms with E-state index in [4.69, 9.17) is 10.8 Å². The van der Waals surface area contributed by atoms with Gasteiger partial charge in [0, 0.05) is 6.42 Å². The smallest absolute Gasteiger partial charge is 0.320 e. The molecule has 0 heterocycles. The lowest BCUT2D eigenvalue weighted by Crippen LogP contribution is -2.32. The van der Waals surface area contributed by atoms with Gasteiger partial charge in [0.2, 0.25) is 0 Å². The molecule has 1 unspecified atom stereocenters. The summed E-state index contributed by atoms with van der Waals surface area (Å²) in [5.41, 5.74) is 4.98. The molecule has 0 radical (unpaired) electrons. The Morgan fingerprint density at radius 2 is 2.20 bits per heavy atom. The van der Waals surface area contributed by atoms with Crippen LogP contribution in [0.1, 0.15) is 13.3 Å². The van der Waals surface area contributed by atoms with Crippen molar-refractivity contribution >= 4 is 18.4 Å². The zero-order valence-electron chi connectivity index (χ0n) is 5.58. The van der Waals surface area contributed by atoms with Gasteiger partial charge in [-0.25, -0.2) is 4.39 Å². The van der Waals surface area contributed by atoms with Crippen molar-refractivity contribution in [3.05, 3.63) is 0 Å². The van der Waals surface area contributed by atoms with Gasteiger partial charge in [-0.3, -0.25) is 4.79 Å². The van der Waals surface area contributed by atoms with E-state index in [9.17, 15) is 9.18 Å². The molecule has 0 aromatic rings. The first kappa shape index (κ1) is 12.3. The highest BCUT2D eigenvalue weighted by Gasteiger charge is 2.14. The lowest BCUT2D eigenvalue weighted by atomic mass is 10.2. The van der Waals surface area contributed by atoms with Crippen LogP contribution in [0.5, 0.6) is 0 Å². The Bertz CT molecular complexity index is 110. The van der Waals surface area contributed by atoms with Crippen LogP contribution in [-0.2, 0) is 4.79 Å². The first-order valence-corrected chi connectivity index (χ1v) is 2.66. The normalized spacial score (nSPS) is 15.1. The minimum Gasteiger partial charge on any atom is -0.480 e. The van der Waals surface area contributed by atoms with E-state index in [1.54, 1.807) is 0 Å². The fraction of sp³-hybridized carbons (Fsp3) is 0.800. The summed E-state index contributed by atoms with van der Waals surface area (Å²) in [6.07, 6.45) is -1.26. The van der Waals surface area contributed by atoms with Crippen LogP contribution in [0.4, 0.5) is 4.39 Å². The zero-order valence-corrected chi connectivity index (χ0v) is 6.40. The molecule has 0 saturated carbocycles. The molecule has 0 aliphatic heterocycles. The number of carbonyl (C=O) groups is 1. The molecule has 0 bridgehead atoms. The first-order valence-electron chi connectivity index (χ1n) is 2.66. The van der Waals surface area contributed by atoms with Crippen molar-refractivity contribution < 1.29 is 14.3 Å². The fourth-order valence-corrected chi connectivity index (χ4v) is 0.451. The molecule has 0 aliphatic carbocycles. The largest absolute Gasteiger partial charge is 0.480 e. The standard InChI is InChI=1S/C5H10FNO2.ClH/c1-3(6)2-4(7)5(8)9;/h3-4H,2,7H2,1H3,(H,8,9);1H/t3?,4-;/m0./s1. The van der Waals surface area contributed by atoms with E-state index in [1.165, 1.54) is 6.92 Å². The topological polar surface area (TPSA) is 63.3 Å². The molecule has 3 nitrogen and oxygen atoms in total. The van der Waals surface area contributed by atoms with Gasteiger partial charge in [0.1, 0.15) is 6.04 Å². The predicted molar refractivity (Wildman–Crippen MR) is 38.0 cm³/mol. The van der Waals surface area contributed by atoms with Gasteiger partial charge in [-0.1, -0.05) is 0 Å². The number of hydrogen-bond acceptors (Lipinski definition) is 2. The van der Waals surface area contributed by atoms with Gasteiger partial charge in [-0.05, 0) is 6.92 Å². The number of halogens is 2. The quantitative estimate of drug-likeness (QED) is 0.653. The molecular formula is C5H11ClFNO2. The predicted octanol–water partition coefficient (Wildman–Crippen LogP) is 0.568. The molecule has 3 N–H and O–H groups in total. The lowest BCUT2D eigenvalue weighted by Gasteiger charge is -2.04. The first-order chi connectivity index (χ1) is 4.04. The van der Waals surface area contributed by atoms with Gasteiger partial charge < -0.3 is 10.8 Å². The molecule has 2 atom stereocenters. The maximum Gasteiger partial charge on any atom is 0.320 e. The van der Waals surface area contributed by atoms with Crippen molar-refractivity contribution in [2.45, 2.75) is 25.6 Å². The lowest BCUT2D eigenvalue weighted by molar-refractivity contribution is -0.139. The van der Waals surface area contributed by atoms with Crippen molar-refractivity contribution in [1.82, 2.24) is 0 Å². The van der Waals surface area contributed by atoms with Gasteiger partial charge >= 0.3 is 5.97 Å². The van der Waals surface area contributed by atoms with Crippen LogP contribution in [0.25, 0.3) is 0 Å². The van der Waals surface area contributed by atoms with E-state index >= 15 is 0 Å². The van der Waals surface area contributed by atoms with Crippen LogP contribution in [-0.4, -0.2) is 23.3 Å². The minimum atomic E-state index is -1.15. The van der Waals surface area contributed by atoms with Crippen LogP contribution in [0, 0.1) is 0 Å². The summed E-state index contributed by atoms with van der Waals surface area (Å²) >= 11 is 0. The number of aliphatic carboxylic acids is 1. The van der Waals surface area contributed by atoms with E-state index in [1.807, 2.05) is 0 Å². The number of carboxylic acids is 1. The highest BCUT2D eigenvalue weighted by Crippen LogP contribution is 1.98. The second kappa shape index (κ2) is 5.44. The summed E-state index contributed by atoms with van der Waals surface area (Å²) in [5.74, 6) is -1.15. The van der Waals surface area contributed by atoms with E-state index < -0.39 is 18.2 Å². The van der Waals surface area contributed by atoms with E-state index in [0.717, 1.165) is 0 Å². The van der Waals surface area contributed by atoms with Gasteiger partial charge in [0.15, 0.2) is 0 Å². The molecular weight excluding hydrogens is 161 g/mol. The van der Waals surface area contributed by atoms with Crippen LogP contribution in [0.15, 0.2) is 0 Å². The summed E-state index contributed by atoms with van der Waals surface area (Å²) in [6, 6.07) is -1.06. The highest BCUT2D eigenvalue weighted by molar-refractivity contribution is 5.85. The maximum atomic E-state index is 12.0. The van der Waals surface area contributed by atoms with Gasteiger partial charge in [0.25, 0.3) is 0 Å². The van der Waals surface area contributed by atoms with Gasteiger partial charge in [-0.15, -0.1) is 12.4 Å². The summed E-state index contributed by atoms with van der Waals surface area (Å²) in [6.45, 7) is 1.28. The van der Waals surface area contributed by atoms with Crippen molar-refractivity contribution in [3.8, 4) is 0 Å². The van der Waals surface area contributed by atoms with Crippen LogP contribution in [0.3, 0.4) is 0 Å². The Morgan fingerprint density at radius 3 is 2.30 bits per heavy atom. The summed E-state index contributed by atoms with van der Waals surface area (Å²) in [4.78, 5) is 9.94. The fourth-order valence-electron chi connectivity index (χ4n) is 0.451. The minimum absolute atomic E-state index is 0. The SMILES string of the molecule is CC(F)C[C@H](N)C(=O)O.Cl. The summed E-state index contributed by atoms with van der Waals surface area (Å²) in [7, 11) is 0. The van der Waals surface area contributed by atoms with Gasteiger partial charge in [0.05, 0.1) is 6.17 Å². The average molecular weight is 172 g/mol. The number of carboxylic acid groups (broad SMARTS) is 1. The molecule has 0 aromatic heterocycles. The molecule has 0 aromatic carbocycles. The maximum absolute atomic E-state index is 12.0. The average Bonchev–Trinajstić information content (AvgIpc) is 1.63. The molecule has 0 spiro atoms. The molecule has 62 valence electrons. The van der Waals surface area contributed by atoms with Crippen LogP contribution < -0.4 is 5.73 Å². The Morgan fingerprint density at radius 1 is 1.80 bits per heavy atom. The van der Waals surface area contributed by atoms with Crippen LogP contribution >= 0.6 is 12.4 Å². The molecule has 0 rings (SSSR count). The highest BCUT2D eigenvalue weighted by atomic mass is 35.5. The zero-order chi connectivity index (χ0) is 7.44. The number of hydrogen-bond donors (Lipinski definition) is 2. The third kappa shape index (κ3) is 5.78. The monoisotopic (exact) mass is 171 g/mol. The third-order valence-corrected chi connectivity index (χ3v) is 0.896. The number of alkyl halides is 1. The third-order valence-electron chi connectivity index (χ3n) is 0.896. The van der Waals surface area contributed by atoms with E-state index in [-0.39, 0.29) is 18.8 Å². The number of rotatable bonds is 3. The van der Waals surface area contributed by atoms with E-state index in [2.05, 4.69) is 0 Å². The van der Waals surface area contributed by atoms with Crippen molar-refractivity contribution in [1.29, 1.82) is 0 Å². The van der Waals surface area contributed by atoms with E-state index in [0.29, 0.717) is 0 Å². The van der Waals surface area contributed by atoms with Crippen molar-refractivity contribution in [2.24, 2.45) is 5.73 Å². The molecule has 10 heavy (non-hydrogen) atoms.